The van der Waals surface area contributed by atoms with Crippen LogP contribution in [0.25, 0.3) is 5.69 Å². The number of nitrogens with zero attached hydrogens (tertiary/aromatic N) is 3. The summed E-state index contributed by atoms with van der Waals surface area (Å²) in [5, 5.41) is 14.0. The van der Waals surface area contributed by atoms with Gasteiger partial charge in [-0.3, -0.25) is 5.32 Å². The monoisotopic (exact) mass is 632 g/mol. The minimum atomic E-state index is -0.318. The van der Waals surface area contributed by atoms with Crippen molar-refractivity contribution in [2.75, 3.05) is 22.6 Å². The molecule has 2 atom stereocenters. The number of carbonyl (C=O) groups is 2. The molecule has 3 aliphatic heterocycles. The van der Waals surface area contributed by atoms with E-state index in [1.165, 1.54) is 5.56 Å². The zero-order valence-electron chi connectivity index (χ0n) is 27.7. The maximum Gasteiger partial charge on any atom is 0.324 e. The van der Waals surface area contributed by atoms with Gasteiger partial charge in [0.15, 0.2) is 0 Å². The quantitative estimate of drug-likeness (QED) is 0.200. The Morgan fingerprint density at radius 1 is 0.872 bits per heavy atom. The summed E-state index contributed by atoms with van der Waals surface area (Å²) in [6, 6.07) is 24.3. The van der Waals surface area contributed by atoms with Crippen LogP contribution in [-0.4, -0.2) is 45.4 Å². The first-order chi connectivity index (χ1) is 22.6. The number of aryl methyl sites for hydroxylation is 1. The first-order valence-corrected chi connectivity index (χ1v) is 16.8. The molecule has 0 radical (unpaired) electrons. The van der Waals surface area contributed by atoms with E-state index in [0.29, 0.717) is 18.3 Å². The van der Waals surface area contributed by atoms with E-state index < -0.39 is 0 Å². The maximum atomic E-state index is 13.3. The molecular formula is C38H44N6O3. The fourth-order valence-corrected chi connectivity index (χ4v) is 7.30. The molecule has 7 rings (SSSR count). The summed E-state index contributed by atoms with van der Waals surface area (Å²) >= 11 is 0. The molecule has 244 valence electrons. The van der Waals surface area contributed by atoms with Crippen LogP contribution in [-0.2, 0) is 18.3 Å². The normalized spacial score (nSPS) is 20.0. The molecule has 2 unspecified atom stereocenters. The fourth-order valence-electron chi connectivity index (χ4n) is 7.30. The number of anilines is 3. The van der Waals surface area contributed by atoms with E-state index in [-0.39, 0.29) is 29.6 Å². The number of nitrogens with one attached hydrogen (secondary N) is 3. The van der Waals surface area contributed by atoms with Gasteiger partial charge in [0.05, 0.1) is 18.0 Å². The number of carbonyl (C=O) groups excluding carboxylic acids is 2. The van der Waals surface area contributed by atoms with E-state index in [4.69, 9.17) is 9.84 Å². The predicted octanol–water partition coefficient (Wildman–Crippen LogP) is 8.07. The number of rotatable bonds is 6. The molecule has 3 aromatic carbocycles. The second-order valence-electron chi connectivity index (χ2n) is 14.4. The van der Waals surface area contributed by atoms with Crippen molar-refractivity contribution >= 4 is 29.3 Å². The molecule has 4 heterocycles. The Kier molecular flexibility index (Phi) is 8.16. The lowest BCUT2D eigenvalue weighted by molar-refractivity contribution is 0.131. The molecule has 2 bridgehead atoms. The molecule has 2 saturated heterocycles. The van der Waals surface area contributed by atoms with E-state index in [2.05, 4.69) is 53.8 Å². The lowest BCUT2D eigenvalue weighted by Gasteiger charge is -2.39. The Bertz CT molecular complexity index is 1760. The largest absolute Gasteiger partial charge is 0.493 e. The lowest BCUT2D eigenvalue weighted by atomic mass is 9.86. The molecule has 0 saturated carbocycles. The number of urea groups is 2. The summed E-state index contributed by atoms with van der Waals surface area (Å²) < 4.78 is 7.39. The van der Waals surface area contributed by atoms with Crippen LogP contribution in [0, 0.1) is 12.8 Å². The van der Waals surface area contributed by atoms with Gasteiger partial charge in [-0.1, -0.05) is 50.6 Å². The zero-order valence-corrected chi connectivity index (χ0v) is 27.7. The Labute approximate surface area is 276 Å². The predicted molar refractivity (Wildman–Crippen MR) is 186 cm³/mol. The zero-order chi connectivity index (χ0) is 32.7. The smallest absolute Gasteiger partial charge is 0.324 e. The van der Waals surface area contributed by atoms with Crippen molar-refractivity contribution in [1.82, 2.24) is 14.7 Å². The highest BCUT2D eigenvalue weighted by Crippen LogP contribution is 2.40. The highest BCUT2D eigenvalue weighted by molar-refractivity contribution is 5.99. The third-order valence-electron chi connectivity index (χ3n) is 9.74. The minimum Gasteiger partial charge on any atom is -0.493 e. The number of aromatic nitrogens is 2. The van der Waals surface area contributed by atoms with Crippen LogP contribution < -0.4 is 20.7 Å². The van der Waals surface area contributed by atoms with Crippen molar-refractivity contribution in [3.05, 3.63) is 95.2 Å². The number of benzene rings is 3. The van der Waals surface area contributed by atoms with E-state index in [1.807, 2.05) is 67.6 Å². The van der Waals surface area contributed by atoms with Crippen LogP contribution in [0.2, 0.25) is 0 Å². The van der Waals surface area contributed by atoms with Gasteiger partial charge in [0, 0.05) is 41.4 Å². The van der Waals surface area contributed by atoms with Crippen molar-refractivity contribution in [2.45, 2.75) is 83.7 Å². The molecule has 0 aliphatic carbocycles. The Hall–Kier alpha value is -4.79. The SMILES string of the molecule is Cc1ccc(-n2nc(C(C)(C)C)cc2NC(=O)Nc2ccc(CC3CC4CCC(C3)N4C(=O)Nc3ccc4c(c3)CCO4)cc2)cc1. The number of hydrogen-bond acceptors (Lipinski definition) is 4. The number of piperidine rings is 1. The van der Waals surface area contributed by atoms with E-state index >= 15 is 0 Å². The van der Waals surface area contributed by atoms with Crippen LogP contribution >= 0.6 is 0 Å². The van der Waals surface area contributed by atoms with E-state index in [1.54, 1.807) is 4.68 Å². The topological polar surface area (TPSA) is 101 Å². The van der Waals surface area contributed by atoms with Gasteiger partial charge in [0.25, 0.3) is 0 Å². The van der Waals surface area contributed by atoms with Gasteiger partial charge in [-0.05, 0) is 98.5 Å². The highest BCUT2D eigenvalue weighted by atomic mass is 16.5. The van der Waals surface area contributed by atoms with Crippen molar-refractivity contribution in [1.29, 1.82) is 0 Å². The van der Waals surface area contributed by atoms with Crippen molar-refractivity contribution < 1.29 is 14.3 Å². The molecule has 4 aromatic rings. The first kappa shape index (κ1) is 30.8. The number of ether oxygens (including phenoxy) is 1. The highest BCUT2D eigenvalue weighted by Gasteiger charge is 2.43. The summed E-state index contributed by atoms with van der Waals surface area (Å²) in [6.45, 7) is 9.08. The van der Waals surface area contributed by atoms with Crippen LogP contribution in [0.15, 0.2) is 72.8 Å². The van der Waals surface area contributed by atoms with Gasteiger partial charge < -0.3 is 20.3 Å². The molecular weight excluding hydrogens is 588 g/mol. The fraction of sp³-hybridized carbons (Fsp3) is 0.395. The van der Waals surface area contributed by atoms with Gasteiger partial charge in [-0.25, -0.2) is 14.3 Å². The van der Waals surface area contributed by atoms with Crippen molar-refractivity contribution in [3.63, 3.8) is 0 Å². The molecule has 9 nitrogen and oxygen atoms in total. The molecule has 9 heteroatoms. The molecule has 0 spiro atoms. The third kappa shape index (κ3) is 6.70. The first-order valence-electron chi connectivity index (χ1n) is 16.8. The third-order valence-corrected chi connectivity index (χ3v) is 9.74. The summed E-state index contributed by atoms with van der Waals surface area (Å²) in [4.78, 5) is 28.5. The summed E-state index contributed by atoms with van der Waals surface area (Å²) in [7, 11) is 0. The lowest BCUT2D eigenvalue weighted by Crippen LogP contribution is -2.48. The average Bonchev–Trinajstić information content (AvgIpc) is 3.74. The van der Waals surface area contributed by atoms with Gasteiger partial charge in [0.2, 0.25) is 0 Å². The molecule has 2 fully saturated rings. The minimum absolute atomic E-state index is 0.0139. The molecule has 4 amide bonds. The van der Waals surface area contributed by atoms with Gasteiger partial charge >= 0.3 is 12.1 Å². The van der Waals surface area contributed by atoms with E-state index in [0.717, 1.165) is 78.2 Å². The van der Waals surface area contributed by atoms with Crippen molar-refractivity contribution in [3.8, 4) is 11.4 Å². The van der Waals surface area contributed by atoms with E-state index in [9.17, 15) is 9.59 Å². The van der Waals surface area contributed by atoms with Gasteiger partial charge in [-0.15, -0.1) is 0 Å². The average molecular weight is 633 g/mol. The number of amides is 4. The molecule has 3 aliphatic rings. The second kappa shape index (κ2) is 12.4. The maximum absolute atomic E-state index is 13.3. The number of fused-ring (bicyclic) bond motifs is 3. The molecule has 3 N–H and O–H groups in total. The standard InChI is InChI=1S/C38H44N6O3/c1-24-5-12-30(13-6-24)44-35(23-34(42-44)38(2,3)4)41-36(45)39-28-9-7-25(8-10-28)19-26-20-31-14-15-32(21-26)43(31)37(46)40-29-11-16-33-27(22-29)17-18-47-33/h5-13,16,22-23,26,31-32H,14-15,17-21H2,1-4H3,(H,40,46)(H2,39,41,45). The summed E-state index contributed by atoms with van der Waals surface area (Å²) in [5.41, 5.74) is 6.75. The molecule has 47 heavy (non-hydrogen) atoms. The van der Waals surface area contributed by atoms with Gasteiger partial charge in [-0.2, -0.15) is 5.10 Å². The van der Waals surface area contributed by atoms with Crippen LogP contribution in [0.3, 0.4) is 0 Å². The molecule has 1 aromatic heterocycles. The van der Waals surface area contributed by atoms with Crippen LogP contribution in [0.1, 0.15) is 68.8 Å². The Morgan fingerprint density at radius 3 is 2.28 bits per heavy atom. The Morgan fingerprint density at radius 2 is 1.57 bits per heavy atom. The Balaban J connectivity index is 0.944. The van der Waals surface area contributed by atoms with Crippen LogP contribution in [0.4, 0.5) is 26.8 Å². The van der Waals surface area contributed by atoms with Gasteiger partial charge in [0.1, 0.15) is 11.6 Å². The van der Waals surface area contributed by atoms with Crippen molar-refractivity contribution in [2.24, 2.45) is 5.92 Å². The second-order valence-corrected chi connectivity index (χ2v) is 14.4. The number of hydrogen-bond donors (Lipinski definition) is 3. The van der Waals surface area contributed by atoms with Crippen LogP contribution in [0.5, 0.6) is 5.75 Å². The summed E-state index contributed by atoms with van der Waals surface area (Å²) in [5.74, 6) is 2.06. The summed E-state index contributed by atoms with van der Waals surface area (Å²) in [6.07, 6.45) is 5.99.